The number of hydrogen-bond acceptors (Lipinski definition) is 2. The fraction of sp³-hybridized carbons (Fsp3) is 0.143. The van der Waals surface area contributed by atoms with Crippen LogP contribution in [0, 0.1) is 0 Å². The number of nitrogen functional groups attached to an aromatic ring is 1. The summed E-state index contributed by atoms with van der Waals surface area (Å²) in [6.45, 7) is 1.14. The Kier molecular flexibility index (Phi) is 4.80. The monoisotopic (exact) mass is 369 g/mol. The maximum atomic E-state index is 5.81. The number of benzene rings is 2. The quantitative estimate of drug-likeness (QED) is 0.803. The summed E-state index contributed by atoms with van der Waals surface area (Å²) in [5.41, 5.74) is 8.76. The van der Waals surface area contributed by atoms with E-state index >= 15 is 0 Å². The Morgan fingerprint density at radius 2 is 1.67 bits per heavy atom. The molecule has 2 aromatic rings. The maximum absolute atomic E-state index is 5.81. The van der Waals surface area contributed by atoms with Crippen LogP contribution in [0.2, 0.25) is 0 Å². The summed E-state index contributed by atoms with van der Waals surface area (Å²) in [6.07, 6.45) is 0. The molecule has 0 atom stereocenters. The average Bonchev–Trinajstić information content (AvgIpc) is 2.37. The van der Waals surface area contributed by atoms with Gasteiger partial charge in [-0.1, -0.05) is 40.2 Å². The third-order valence-electron chi connectivity index (χ3n) is 2.55. The molecule has 0 bridgehead atoms. The molecule has 94 valence electrons. The van der Waals surface area contributed by atoms with Gasteiger partial charge in [-0.25, -0.2) is 0 Å². The zero-order chi connectivity index (χ0) is 13.0. The van der Waals surface area contributed by atoms with Crippen LogP contribution in [0.25, 0.3) is 0 Å². The van der Waals surface area contributed by atoms with Gasteiger partial charge in [0.15, 0.2) is 0 Å². The third kappa shape index (κ3) is 3.57. The van der Waals surface area contributed by atoms with Crippen LogP contribution in [-0.4, -0.2) is 0 Å². The Balaban J connectivity index is 1.92. The first-order chi connectivity index (χ1) is 8.66. The molecule has 0 aliphatic rings. The van der Waals surface area contributed by atoms with E-state index in [0.29, 0.717) is 13.2 Å². The molecule has 18 heavy (non-hydrogen) atoms. The lowest BCUT2D eigenvalue weighted by Crippen LogP contribution is -1.97. The van der Waals surface area contributed by atoms with Crippen LogP contribution in [0.4, 0.5) is 5.69 Å². The molecular weight excluding hydrogens is 358 g/mol. The summed E-state index contributed by atoms with van der Waals surface area (Å²) < 4.78 is 7.67. The van der Waals surface area contributed by atoms with Crippen molar-refractivity contribution in [2.45, 2.75) is 13.2 Å². The summed E-state index contributed by atoms with van der Waals surface area (Å²) in [7, 11) is 0. The van der Waals surface area contributed by atoms with Gasteiger partial charge in [0.1, 0.15) is 0 Å². The molecule has 0 heterocycles. The van der Waals surface area contributed by atoms with Crippen LogP contribution in [0.15, 0.2) is 51.4 Å². The molecule has 0 aliphatic carbocycles. The minimum Gasteiger partial charge on any atom is -0.398 e. The number of rotatable bonds is 4. The van der Waals surface area contributed by atoms with Crippen molar-refractivity contribution in [2.75, 3.05) is 5.73 Å². The second-order valence-electron chi connectivity index (χ2n) is 3.94. The van der Waals surface area contributed by atoms with Crippen LogP contribution in [0.5, 0.6) is 0 Å². The van der Waals surface area contributed by atoms with E-state index in [-0.39, 0.29) is 0 Å². The van der Waals surface area contributed by atoms with Crippen LogP contribution >= 0.6 is 31.9 Å². The summed E-state index contributed by atoms with van der Waals surface area (Å²) in [6, 6.07) is 13.9. The Hall–Kier alpha value is -0.840. The molecule has 0 spiro atoms. The second kappa shape index (κ2) is 6.36. The predicted molar refractivity (Wildman–Crippen MR) is 81.2 cm³/mol. The standard InChI is InChI=1S/C14H13Br2NO/c15-12-6-4-10(5-7-12)8-18-9-11-2-1-3-13(17)14(11)16/h1-7H,8-9,17H2. The molecule has 2 rings (SSSR count). The van der Waals surface area contributed by atoms with E-state index in [1.165, 1.54) is 0 Å². The van der Waals surface area contributed by atoms with E-state index in [1.807, 2.05) is 42.5 Å². The van der Waals surface area contributed by atoms with Gasteiger partial charge in [-0.3, -0.25) is 0 Å². The molecular formula is C14H13Br2NO. The number of nitrogens with two attached hydrogens (primary N) is 1. The van der Waals surface area contributed by atoms with Gasteiger partial charge in [-0.2, -0.15) is 0 Å². The number of ether oxygens (including phenoxy) is 1. The minimum atomic E-state index is 0.543. The molecule has 0 unspecified atom stereocenters. The molecule has 2 nitrogen and oxygen atoms in total. The zero-order valence-corrected chi connectivity index (χ0v) is 12.9. The molecule has 0 aromatic heterocycles. The molecule has 2 N–H and O–H groups in total. The molecule has 2 aromatic carbocycles. The predicted octanol–water partition coefficient (Wildman–Crippen LogP) is 4.51. The van der Waals surface area contributed by atoms with Crippen LogP contribution in [0.3, 0.4) is 0 Å². The topological polar surface area (TPSA) is 35.2 Å². The number of halogens is 2. The molecule has 0 fully saturated rings. The first-order valence-corrected chi connectivity index (χ1v) is 7.10. The Morgan fingerprint density at radius 3 is 2.39 bits per heavy atom. The van der Waals surface area contributed by atoms with Gasteiger partial charge >= 0.3 is 0 Å². The van der Waals surface area contributed by atoms with Gasteiger partial charge in [0.05, 0.1) is 13.2 Å². The van der Waals surface area contributed by atoms with Gasteiger partial charge in [0.2, 0.25) is 0 Å². The van der Waals surface area contributed by atoms with E-state index in [9.17, 15) is 0 Å². The number of hydrogen-bond donors (Lipinski definition) is 1. The molecule has 0 saturated heterocycles. The van der Waals surface area contributed by atoms with Gasteiger partial charge in [-0.15, -0.1) is 0 Å². The smallest absolute Gasteiger partial charge is 0.0733 e. The molecule has 0 amide bonds. The highest BCUT2D eigenvalue weighted by atomic mass is 79.9. The van der Waals surface area contributed by atoms with Gasteiger partial charge < -0.3 is 10.5 Å². The van der Waals surface area contributed by atoms with Crippen molar-refractivity contribution in [3.8, 4) is 0 Å². The lowest BCUT2D eigenvalue weighted by molar-refractivity contribution is 0.107. The Bertz CT molecular complexity index is 526. The molecule has 0 radical (unpaired) electrons. The largest absolute Gasteiger partial charge is 0.398 e. The first kappa shape index (κ1) is 13.6. The second-order valence-corrected chi connectivity index (χ2v) is 5.65. The van der Waals surface area contributed by atoms with Crippen molar-refractivity contribution in [3.05, 3.63) is 62.5 Å². The highest BCUT2D eigenvalue weighted by molar-refractivity contribution is 9.11. The lowest BCUT2D eigenvalue weighted by Gasteiger charge is -2.08. The lowest BCUT2D eigenvalue weighted by atomic mass is 10.2. The highest BCUT2D eigenvalue weighted by Crippen LogP contribution is 2.24. The van der Waals surface area contributed by atoms with Crippen molar-refractivity contribution in [2.24, 2.45) is 0 Å². The fourth-order valence-electron chi connectivity index (χ4n) is 1.57. The van der Waals surface area contributed by atoms with Gasteiger partial charge in [-0.05, 0) is 45.3 Å². The Labute approximate surface area is 123 Å². The van der Waals surface area contributed by atoms with Gasteiger partial charge in [0.25, 0.3) is 0 Å². The number of anilines is 1. The summed E-state index contributed by atoms with van der Waals surface area (Å²) in [4.78, 5) is 0. The zero-order valence-electron chi connectivity index (χ0n) is 9.70. The molecule has 4 heteroatoms. The molecule has 0 saturated carbocycles. The van der Waals surface area contributed by atoms with Crippen LogP contribution in [-0.2, 0) is 18.0 Å². The third-order valence-corrected chi connectivity index (χ3v) is 4.04. The summed E-state index contributed by atoms with van der Waals surface area (Å²) in [5.74, 6) is 0. The normalized spacial score (nSPS) is 10.6. The van der Waals surface area contributed by atoms with E-state index in [1.54, 1.807) is 0 Å². The van der Waals surface area contributed by atoms with Crippen molar-refractivity contribution < 1.29 is 4.74 Å². The van der Waals surface area contributed by atoms with Crippen molar-refractivity contribution in [1.82, 2.24) is 0 Å². The van der Waals surface area contributed by atoms with E-state index in [2.05, 4.69) is 31.9 Å². The van der Waals surface area contributed by atoms with E-state index < -0.39 is 0 Å². The van der Waals surface area contributed by atoms with Gasteiger partial charge in [0, 0.05) is 14.6 Å². The van der Waals surface area contributed by atoms with E-state index in [4.69, 9.17) is 10.5 Å². The summed E-state index contributed by atoms with van der Waals surface area (Å²) >= 11 is 6.87. The highest BCUT2D eigenvalue weighted by Gasteiger charge is 2.03. The Morgan fingerprint density at radius 1 is 0.944 bits per heavy atom. The minimum absolute atomic E-state index is 0.543. The fourth-order valence-corrected chi connectivity index (χ4v) is 2.21. The SMILES string of the molecule is Nc1cccc(COCc2ccc(Br)cc2)c1Br. The summed E-state index contributed by atoms with van der Waals surface area (Å²) in [5, 5.41) is 0. The first-order valence-electron chi connectivity index (χ1n) is 5.52. The van der Waals surface area contributed by atoms with E-state index in [0.717, 1.165) is 25.8 Å². The van der Waals surface area contributed by atoms with Crippen molar-refractivity contribution in [1.29, 1.82) is 0 Å². The van der Waals surface area contributed by atoms with Crippen molar-refractivity contribution >= 4 is 37.5 Å². The van der Waals surface area contributed by atoms with Crippen LogP contribution < -0.4 is 5.73 Å². The average molecular weight is 371 g/mol. The van der Waals surface area contributed by atoms with Crippen LogP contribution in [0.1, 0.15) is 11.1 Å². The molecule has 0 aliphatic heterocycles. The van der Waals surface area contributed by atoms with Crippen molar-refractivity contribution in [3.63, 3.8) is 0 Å². The maximum Gasteiger partial charge on any atom is 0.0733 e.